The molecule has 166 valence electrons. The maximum Gasteiger partial charge on any atom is 0.255 e. The average Bonchev–Trinajstić information content (AvgIpc) is 3.32. The highest BCUT2D eigenvalue weighted by Crippen LogP contribution is 2.23. The molecule has 0 aliphatic carbocycles. The molecule has 1 saturated heterocycles. The van der Waals surface area contributed by atoms with Crippen molar-refractivity contribution in [3.05, 3.63) is 60.4 Å². The van der Waals surface area contributed by atoms with Gasteiger partial charge in [-0.05, 0) is 55.7 Å². The predicted octanol–water partition coefficient (Wildman–Crippen LogP) is 3.63. The molecule has 9 heteroatoms. The van der Waals surface area contributed by atoms with Gasteiger partial charge in [0.25, 0.3) is 5.91 Å². The summed E-state index contributed by atoms with van der Waals surface area (Å²) >= 11 is 1.28. The number of hydrogen-bond donors (Lipinski definition) is 1. The number of ether oxygens (including phenoxy) is 1. The molecule has 3 aromatic rings. The van der Waals surface area contributed by atoms with E-state index in [1.165, 1.54) is 11.8 Å². The summed E-state index contributed by atoms with van der Waals surface area (Å²) in [6.45, 7) is 1.52. The van der Waals surface area contributed by atoms with Crippen molar-refractivity contribution in [3.8, 4) is 11.4 Å². The van der Waals surface area contributed by atoms with Crippen molar-refractivity contribution in [1.29, 1.82) is 0 Å². The van der Waals surface area contributed by atoms with Gasteiger partial charge in [-0.1, -0.05) is 23.9 Å². The molecule has 2 aromatic carbocycles. The van der Waals surface area contributed by atoms with Gasteiger partial charge < -0.3 is 15.0 Å². The van der Waals surface area contributed by atoms with Crippen LogP contribution in [-0.4, -0.2) is 57.4 Å². The molecule has 2 amide bonds. The van der Waals surface area contributed by atoms with Crippen LogP contribution in [0.4, 0.5) is 5.69 Å². The molecule has 1 N–H and O–H groups in total. The SMILES string of the molecule is COc1ccc(-n2cnnc2SCC(=O)Nc2ccccc2C(=O)N2CCCCC2)cc1. The maximum absolute atomic E-state index is 12.9. The lowest BCUT2D eigenvalue weighted by molar-refractivity contribution is -0.113. The van der Waals surface area contributed by atoms with Crippen molar-refractivity contribution in [3.63, 3.8) is 0 Å². The summed E-state index contributed by atoms with van der Waals surface area (Å²) in [5, 5.41) is 11.6. The summed E-state index contributed by atoms with van der Waals surface area (Å²) in [6.07, 6.45) is 4.80. The van der Waals surface area contributed by atoms with Gasteiger partial charge in [0.2, 0.25) is 5.91 Å². The smallest absolute Gasteiger partial charge is 0.255 e. The van der Waals surface area contributed by atoms with E-state index in [4.69, 9.17) is 4.74 Å². The van der Waals surface area contributed by atoms with E-state index in [9.17, 15) is 9.59 Å². The molecular weight excluding hydrogens is 426 g/mol. The number of thioether (sulfide) groups is 1. The minimum Gasteiger partial charge on any atom is -0.497 e. The van der Waals surface area contributed by atoms with Crippen LogP contribution < -0.4 is 10.1 Å². The number of piperidine rings is 1. The summed E-state index contributed by atoms with van der Waals surface area (Å²) in [5.74, 6) is 0.653. The number of carbonyl (C=O) groups excluding carboxylic acids is 2. The number of benzene rings is 2. The molecular formula is C23H25N5O3S. The minimum atomic E-state index is -0.210. The van der Waals surface area contributed by atoms with Gasteiger partial charge >= 0.3 is 0 Å². The highest BCUT2D eigenvalue weighted by Gasteiger charge is 2.21. The first-order valence-electron chi connectivity index (χ1n) is 10.5. The predicted molar refractivity (Wildman–Crippen MR) is 123 cm³/mol. The van der Waals surface area contributed by atoms with Gasteiger partial charge in [0.15, 0.2) is 5.16 Å². The Hall–Kier alpha value is -3.33. The molecule has 1 aliphatic rings. The summed E-state index contributed by atoms with van der Waals surface area (Å²) in [6, 6.07) is 14.7. The van der Waals surface area contributed by atoms with Crippen molar-refractivity contribution in [2.45, 2.75) is 24.4 Å². The molecule has 4 rings (SSSR count). The van der Waals surface area contributed by atoms with Gasteiger partial charge in [0, 0.05) is 18.8 Å². The number of carbonyl (C=O) groups is 2. The van der Waals surface area contributed by atoms with Crippen molar-refractivity contribution in [2.24, 2.45) is 0 Å². The Labute approximate surface area is 191 Å². The minimum absolute atomic E-state index is 0.0347. The second kappa shape index (κ2) is 10.3. The lowest BCUT2D eigenvalue weighted by Gasteiger charge is -2.27. The lowest BCUT2D eigenvalue weighted by Crippen LogP contribution is -2.36. The fourth-order valence-electron chi connectivity index (χ4n) is 3.61. The quantitative estimate of drug-likeness (QED) is 0.552. The van der Waals surface area contributed by atoms with E-state index in [2.05, 4.69) is 15.5 Å². The molecule has 1 aliphatic heterocycles. The zero-order valence-electron chi connectivity index (χ0n) is 17.9. The van der Waals surface area contributed by atoms with Crippen LogP contribution in [0.2, 0.25) is 0 Å². The Bertz CT molecular complexity index is 1080. The Morgan fingerprint density at radius 2 is 1.81 bits per heavy atom. The van der Waals surface area contributed by atoms with E-state index in [1.807, 2.05) is 45.9 Å². The van der Waals surface area contributed by atoms with Crippen LogP contribution in [0.3, 0.4) is 0 Å². The van der Waals surface area contributed by atoms with Gasteiger partial charge in [-0.15, -0.1) is 10.2 Å². The number of likely N-dealkylation sites (tertiary alicyclic amines) is 1. The van der Waals surface area contributed by atoms with E-state index in [0.717, 1.165) is 43.8 Å². The normalized spacial score (nSPS) is 13.6. The average molecular weight is 452 g/mol. The van der Waals surface area contributed by atoms with E-state index in [0.29, 0.717) is 16.4 Å². The molecule has 0 bridgehead atoms. The molecule has 32 heavy (non-hydrogen) atoms. The van der Waals surface area contributed by atoms with Crippen LogP contribution in [0.1, 0.15) is 29.6 Å². The van der Waals surface area contributed by atoms with E-state index in [1.54, 1.807) is 25.6 Å². The van der Waals surface area contributed by atoms with Crippen molar-refractivity contribution < 1.29 is 14.3 Å². The van der Waals surface area contributed by atoms with E-state index in [-0.39, 0.29) is 17.6 Å². The van der Waals surface area contributed by atoms with Crippen molar-refractivity contribution in [1.82, 2.24) is 19.7 Å². The number of methoxy groups -OCH3 is 1. The zero-order chi connectivity index (χ0) is 22.3. The molecule has 0 unspecified atom stereocenters. The van der Waals surface area contributed by atoms with Gasteiger partial charge in [-0.3, -0.25) is 14.2 Å². The molecule has 0 atom stereocenters. The Morgan fingerprint density at radius 1 is 1.06 bits per heavy atom. The number of nitrogens with zero attached hydrogens (tertiary/aromatic N) is 4. The largest absolute Gasteiger partial charge is 0.497 e. The topological polar surface area (TPSA) is 89.3 Å². The Kier molecular flexibility index (Phi) is 7.06. The van der Waals surface area contributed by atoms with Crippen LogP contribution in [0.5, 0.6) is 5.75 Å². The van der Waals surface area contributed by atoms with E-state index < -0.39 is 0 Å². The third kappa shape index (κ3) is 5.11. The number of nitrogens with one attached hydrogen (secondary N) is 1. The highest BCUT2D eigenvalue weighted by molar-refractivity contribution is 7.99. The van der Waals surface area contributed by atoms with Crippen LogP contribution in [-0.2, 0) is 4.79 Å². The molecule has 1 aromatic heterocycles. The summed E-state index contributed by atoms with van der Waals surface area (Å²) in [4.78, 5) is 27.5. The monoisotopic (exact) mass is 451 g/mol. The third-order valence-electron chi connectivity index (χ3n) is 5.27. The molecule has 1 fully saturated rings. The number of rotatable bonds is 7. The van der Waals surface area contributed by atoms with Crippen LogP contribution in [0, 0.1) is 0 Å². The van der Waals surface area contributed by atoms with Gasteiger partial charge in [0.1, 0.15) is 12.1 Å². The van der Waals surface area contributed by atoms with Gasteiger partial charge in [-0.2, -0.15) is 0 Å². The number of hydrogen-bond acceptors (Lipinski definition) is 6. The number of anilines is 1. The van der Waals surface area contributed by atoms with Gasteiger partial charge in [0.05, 0.1) is 24.1 Å². The van der Waals surface area contributed by atoms with Crippen molar-refractivity contribution >= 4 is 29.3 Å². The van der Waals surface area contributed by atoms with Crippen molar-refractivity contribution in [2.75, 3.05) is 31.3 Å². The van der Waals surface area contributed by atoms with Crippen LogP contribution >= 0.6 is 11.8 Å². The number of para-hydroxylation sites is 1. The summed E-state index contributed by atoms with van der Waals surface area (Å²) in [7, 11) is 1.62. The lowest BCUT2D eigenvalue weighted by atomic mass is 10.1. The van der Waals surface area contributed by atoms with E-state index >= 15 is 0 Å². The van der Waals surface area contributed by atoms with Gasteiger partial charge in [-0.25, -0.2) is 0 Å². The summed E-state index contributed by atoms with van der Waals surface area (Å²) < 4.78 is 7.00. The fraction of sp³-hybridized carbons (Fsp3) is 0.304. The highest BCUT2D eigenvalue weighted by atomic mass is 32.2. The molecule has 0 radical (unpaired) electrons. The maximum atomic E-state index is 12.9. The second-order valence-corrected chi connectivity index (χ2v) is 8.36. The molecule has 0 spiro atoms. The molecule has 2 heterocycles. The first-order valence-corrected chi connectivity index (χ1v) is 11.5. The number of amides is 2. The van der Waals surface area contributed by atoms with Crippen LogP contribution in [0.15, 0.2) is 60.0 Å². The number of aromatic nitrogens is 3. The second-order valence-electron chi connectivity index (χ2n) is 7.42. The Balaban J connectivity index is 1.40. The first-order chi connectivity index (χ1) is 15.7. The van der Waals surface area contributed by atoms with Crippen LogP contribution in [0.25, 0.3) is 5.69 Å². The molecule has 8 nitrogen and oxygen atoms in total. The fourth-order valence-corrected chi connectivity index (χ4v) is 4.33. The molecule has 0 saturated carbocycles. The Morgan fingerprint density at radius 3 is 2.56 bits per heavy atom. The third-order valence-corrected chi connectivity index (χ3v) is 6.22. The standard InChI is InChI=1S/C23H25N5O3S/c1-31-18-11-9-17(10-12-18)28-16-24-26-23(28)32-15-21(29)25-20-8-4-3-7-19(20)22(30)27-13-5-2-6-14-27/h3-4,7-12,16H,2,5-6,13-15H2,1H3,(H,25,29). The first kappa shape index (κ1) is 21.9. The summed E-state index contributed by atoms with van der Waals surface area (Å²) in [5.41, 5.74) is 1.93. The zero-order valence-corrected chi connectivity index (χ0v) is 18.7.